The topological polar surface area (TPSA) is 47.6 Å². The Kier molecular flexibility index (Phi) is 2.50. The minimum atomic E-state index is -0.612. The molecule has 1 aliphatic heterocycles. The summed E-state index contributed by atoms with van der Waals surface area (Å²) < 4.78 is 9.10. The molecular weight excluding hydrogens is 134 g/mol. The molecule has 1 rings (SSSR count). The van der Waals surface area contributed by atoms with Gasteiger partial charge in [-0.1, -0.05) is 0 Å². The summed E-state index contributed by atoms with van der Waals surface area (Å²) in [5.74, 6) is 0. The highest BCUT2D eigenvalue weighted by Crippen LogP contribution is 2.06. The number of hydrogen-bond donors (Lipinski definition) is 1. The first kappa shape index (κ1) is 7.34. The third-order valence-electron chi connectivity index (χ3n) is 1.42. The zero-order valence-electron chi connectivity index (χ0n) is 5.92. The fourth-order valence-electron chi connectivity index (χ4n) is 0.917. The van der Waals surface area contributed by atoms with Crippen LogP contribution in [0.1, 0.15) is 12.8 Å². The molecule has 0 bridgehead atoms. The first-order chi connectivity index (χ1) is 4.83. The number of methoxy groups -OCH3 is 1. The summed E-state index contributed by atoms with van der Waals surface area (Å²) in [6, 6.07) is 0. The van der Waals surface area contributed by atoms with E-state index in [-0.39, 0.29) is 6.23 Å². The third kappa shape index (κ3) is 1.88. The Morgan fingerprint density at radius 3 is 3.00 bits per heavy atom. The van der Waals surface area contributed by atoms with E-state index in [1.165, 1.54) is 7.11 Å². The normalized spacial score (nSPS) is 24.3. The van der Waals surface area contributed by atoms with Gasteiger partial charge in [-0.2, -0.15) is 0 Å². The van der Waals surface area contributed by atoms with E-state index in [0.29, 0.717) is 0 Å². The quantitative estimate of drug-likeness (QED) is 0.545. The van der Waals surface area contributed by atoms with E-state index >= 15 is 0 Å². The van der Waals surface area contributed by atoms with Crippen molar-refractivity contribution in [2.24, 2.45) is 0 Å². The van der Waals surface area contributed by atoms with E-state index < -0.39 is 6.16 Å². The van der Waals surface area contributed by atoms with Gasteiger partial charge in [0.25, 0.3) is 0 Å². The summed E-state index contributed by atoms with van der Waals surface area (Å²) >= 11 is 0. The molecular formula is C6H11NO3. The molecule has 0 unspecified atom stereocenters. The predicted molar refractivity (Wildman–Crippen MR) is 34.5 cm³/mol. The Morgan fingerprint density at radius 1 is 1.70 bits per heavy atom. The number of hydrogen-bond acceptors (Lipinski definition) is 4. The van der Waals surface area contributed by atoms with Gasteiger partial charge in [0.2, 0.25) is 0 Å². The van der Waals surface area contributed by atoms with Crippen molar-refractivity contribution in [1.82, 2.24) is 5.32 Å². The van der Waals surface area contributed by atoms with Gasteiger partial charge in [-0.15, -0.1) is 0 Å². The van der Waals surface area contributed by atoms with Gasteiger partial charge in [0.15, 0.2) is 6.23 Å². The molecule has 0 spiro atoms. The van der Waals surface area contributed by atoms with E-state index in [0.717, 1.165) is 19.4 Å². The van der Waals surface area contributed by atoms with Crippen LogP contribution in [0.4, 0.5) is 4.79 Å². The van der Waals surface area contributed by atoms with E-state index in [1.54, 1.807) is 0 Å². The first-order valence-corrected chi connectivity index (χ1v) is 3.31. The Hall–Kier alpha value is -0.770. The summed E-state index contributed by atoms with van der Waals surface area (Å²) in [7, 11) is 1.30. The maximum atomic E-state index is 10.5. The molecule has 4 nitrogen and oxygen atoms in total. The molecule has 58 valence electrons. The van der Waals surface area contributed by atoms with Crippen molar-refractivity contribution >= 4 is 6.16 Å². The van der Waals surface area contributed by atoms with Gasteiger partial charge >= 0.3 is 6.16 Å². The molecule has 1 aliphatic rings. The zero-order chi connectivity index (χ0) is 7.40. The SMILES string of the molecule is COC(=O)O[C@H]1CCCN1. The molecule has 0 aliphatic carbocycles. The Morgan fingerprint density at radius 2 is 2.50 bits per heavy atom. The highest BCUT2D eigenvalue weighted by Gasteiger charge is 2.17. The molecule has 0 saturated carbocycles. The standard InChI is InChI=1S/C6H11NO3/c1-9-6(8)10-5-3-2-4-7-5/h5,7H,2-4H2,1H3/t5-/m0/s1. The van der Waals surface area contributed by atoms with E-state index in [4.69, 9.17) is 4.74 Å². The molecule has 0 amide bonds. The number of carbonyl (C=O) groups is 1. The van der Waals surface area contributed by atoms with Crippen LogP contribution in [0.2, 0.25) is 0 Å². The van der Waals surface area contributed by atoms with Crippen LogP contribution >= 0.6 is 0 Å². The maximum Gasteiger partial charge on any atom is 0.509 e. The van der Waals surface area contributed by atoms with Gasteiger partial charge in [-0.05, 0) is 19.4 Å². The molecule has 1 fully saturated rings. The first-order valence-electron chi connectivity index (χ1n) is 3.31. The molecule has 0 aromatic rings. The smallest absolute Gasteiger partial charge is 0.438 e. The van der Waals surface area contributed by atoms with Crippen molar-refractivity contribution in [1.29, 1.82) is 0 Å². The lowest BCUT2D eigenvalue weighted by molar-refractivity contribution is 0.0316. The minimum Gasteiger partial charge on any atom is -0.438 e. The van der Waals surface area contributed by atoms with Crippen LogP contribution in [-0.2, 0) is 9.47 Å². The predicted octanol–water partition coefficient (Wildman–Crippen LogP) is 0.479. The Balaban J connectivity index is 2.17. The fourth-order valence-corrected chi connectivity index (χ4v) is 0.917. The third-order valence-corrected chi connectivity index (χ3v) is 1.42. The van der Waals surface area contributed by atoms with Crippen molar-refractivity contribution in [3.8, 4) is 0 Å². The lowest BCUT2D eigenvalue weighted by atomic mass is 10.4. The molecule has 0 radical (unpaired) electrons. The maximum absolute atomic E-state index is 10.5. The largest absolute Gasteiger partial charge is 0.509 e. The highest BCUT2D eigenvalue weighted by molar-refractivity contribution is 5.59. The average molecular weight is 145 g/mol. The summed E-state index contributed by atoms with van der Waals surface area (Å²) in [6.45, 7) is 0.918. The van der Waals surface area contributed by atoms with Gasteiger partial charge in [0.1, 0.15) is 0 Å². The zero-order valence-corrected chi connectivity index (χ0v) is 5.92. The lowest BCUT2D eigenvalue weighted by Gasteiger charge is -2.09. The summed E-state index contributed by atoms with van der Waals surface area (Å²) in [5.41, 5.74) is 0. The molecule has 0 aromatic carbocycles. The summed E-state index contributed by atoms with van der Waals surface area (Å²) in [5, 5.41) is 3.00. The number of carbonyl (C=O) groups excluding carboxylic acids is 1. The summed E-state index contributed by atoms with van der Waals surface area (Å²) in [6.07, 6.45) is 1.20. The fraction of sp³-hybridized carbons (Fsp3) is 0.833. The Labute approximate surface area is 59.5 Å². The van der Waals surface area contributed by atoms with Crippen molar-refractivity contribution in [3.63, 3.8) is 0 Å². The van der Waals surface area contributed by atoms with E-state index in [2.05, 4.69) is 10.1 Å². The lowest BCUT2D eigenvalue weighted by Crippen LogP contribution is -2.27. The second-order valence-electron chi connectivity index (χ2n) is 2.16. The molecule has 1 heterocycles. The summed E-state index contributed by atoms with van der Waals surface area (Å²) in [4.78, 5) is 10.5. The van der Waals surface area contributed by atoms with Crippen LogP contribution in [0.3, 0.4) is 0 Å². The molecule has 10 heavy (non-hydrogen) atoms. The molecule has 0 aromatic heterocycles. The molecule has 1 saturated heterocycles. The van der Waals surface area contributed by atoms with Crippen molar-refractivity contribution in [3.05, 3.63) is 0 Å². The highest BCUT2D eigenvalue weighted by atomic mass is 16.7. The molecule has 1 atom stereocenters. The van der Waals surface area contributed by atoms with Crippen LogP contribution in [-0.4, -0.2) is 26.0 Å². The van der Waals surface area contributed by atoms with Gasteiger partial charge in [0, 0.05) is 0 Å². The number of nitrogens with one attached hydrogen (secondary N) is 1. The van der Waals surface area contributed by atoms with Crippen LogP contribution in [0, 0.1) is 0 Å². The van der Waals surface area contributed by atoms with Crippen molar-refractivity contribution in [2.45, 2.75) is 19.1 Å². The van der Waals surface area contributed by atoms with E-state index in [1.807, 2.05) is 0 Å². The molecule has 4 heteroatoms. The Bertz CT molecular complexity index is 120. The van der Waals surface area contributed by atoms with Gasteiger partial charge in [0.05, 0.1) is 7.11 Å². The van der Waals surface area contributed by atoms with Crippen molar-refractivity contribution in [2.75, 3.05) is 13.7 Å². The van der Waals surface area contributed by atoms with Crippen LogP contribution in [0.15, 0.2) is 0 Å². The monoisotopic (exact) mass is 145 g/mol. The van der Waals surface area contributed by atoms with Crippen LogP contribution in [0.25, 0.3) is 0 Å². The number of ether oxygens (including phenoxy) is 2. The van der Waals surface area contributed by atoms with Crippen LogP contribution in [0.5, 0.6) is 0 Å². The number of rotatable bonds is 1. The van der Waals surface area contributed by atoms with Crippen molar-refractivity contribution < 1.29 is 14.3 Å². The second kappa shape index (κ2) is 3.41. The molecule has 1 N–H and O–H groups in total. The second-order valence-corrected chi connectivity index (χ2v) is 2.16. The van der Waals surface area contributed by atoms with Gasteiger partial charge in [-0.3, -0.25) is 5.32 Å². The van der Waals surface area contributed by atoms with Gasteiger partial charge in [-0.25, -0.2) is 4.79 Å². The average Bonchev–Trinajstić information content (AvgIpc) is 2.40. The van der Waals surface area contributed by atoms with Crippen LogP contribution < -0.4 is 5.32 Å². The van der Waals surface area contributed by atoms with E-state index in [9.17, 15) is 4.79 Å². The minimum absolute atomic E-state index is 0.132. The van der Waals surface area contributed by atoms with Gasteiger partial charge < -0.3 is 9.47 Å².